The van der Waals surface area contributed by atoms with Crippen LogP contribution < -0.4 is 5.32 Å². The minimum Gasteiger partial charge on any atom is -0.314 e. The Hall–Kier alpha value is -0.0800. The summed E-state index contributed by atoms with van der Waals surface area (Å²) in [6, 6.07) is 1.58. The van der Waals surface area contributed by atoms with Gasteiger partial charge < -0.3 is 10.2 Å². The van der Waals surface area contributed by atoms with Gasteiger partial charge in [0, 0.05) is 18.6 Å². The van der Waals surface area contributed by atoms with E-state index in [1.165, 1.54) is 51.7 Å². The van der Waals surface area contributed by atoms with Crippen molar-refractivity contribution >= 4 is 0 Å². The van der Waals surface area contributed by atoms with Gasteiger partial charge in [-0.15, -0.1) is 0 Å². The Labute approximate surface area is 107 Å². The molecule has 2 heteroatoms. The molecule has 100 valence electrons. The first-order valence-corrected chi connectivity index (χ1v) is 7.64. The number of hydrogen-bond acceptors (Lipinski definition) is 2. The first kappa shape index (κ1) is 13.4. The predicted molar refractivity (Wildman–Crippen MR) is 74.2 cm³/mol. The summed E-state index contributed by atoms with van der Waals surface area (Å²) in [7, 11) is 0. The van der Waals surface area contributed by atoms with Gasteiger partial charge in [0.1, 0.15) is 0 Å². The van der Waals surface area contributed by atoms with Gasteiger partial charge in [-0.1, -0.05) is 20.3 Å². The Morgan fingerprint density at radius 1 is 1.18 bits per heavy atom. The summed E-state index contributed by atoms with van der Waals surface area (Å²) in [4.78, 5) is 2.73. The largest absolute Gasteiger partial charge is 0.314 e. The van der Waals surface area contributed by atoms with Crippen molar-refractivity contribution < 1.29 is 0 Å². The lowest BCUT2D eigenvalue weighted by Crippen LogP contribution is -2.47. The molecule has 2 rings (SSSR count). The maximum absolute atomic E-state index is 3.67. The molecule has 4 unspecified atom stereocenters. The van der Waals surface area contributed by atoms with Crippen molar-refractivity contribution in [3.8, 4) is 0 Å². The molecule has 0 aromatic rings. The van der Waals surface area contributed by atoms with Gasteiger partial charge in [0.05, 0.1) is 0 Å². The van der Waals surface area contributed by atoms with E-state index in [0.717, 1.165) is 23.9 Å². The van der Waals surface area contributed by atoms with Crippen LogP contribution in [0.2, 0.25) is 0 Å². The third-order valence-electron chi connectivity index (χ3n) is 4.90. The van der Waals surface area contributed by atoms with E-state index in [0.29, 0.717) is 0 Å². The van der Waals surface area contributed by atoms with E-state index in [1.807, 2.05) is 0 Å². The van der Waals surface area contributed by atoms with Crippen LogP contribution in [-0.2, 0) is 0 Å². The summed E-state index contributed by atoms with van der Waals surface area (Å²) in [6.45, 7) is 11.1. The summed E-state index contributed by atoms with van der Waals surface area (Å²) in [6.07, 6.45) is 6.97. The zero-order valence-corrected chi connectivity index (χ0v) is 11.9. The van der Waals surface area contributed by atoms with Gasteiger partial charge in [0.2, 0.25) is 0 Å². The van der Waals surface area contributed by atoms with Crippen molar-refractivity contribution in [3.05, 3.63) is 0 Å². The van der Waals surface area contributed by atoms with E-state index in [1.54, 1.807) is 0 Å². The highest BCUT2D eigenvalue weighted by Gasteiger charge is 2.28. The lowest BCUT2D eigenvalue weighted by molar-refractivity contribution is 0.0748. The molecule has 0 aromatic heterocycles. The Bertz CT molecular complexity index is 223. The summed E-state index contributed by atoms with van der Waals surface area (Å²) >= 11 is 0. The predicted octanol–water partition coefficient (Wildman–Crippen LogP) is 2.89. The van der Waals surface area contributed by atoms with E-state index in [9.17, 15) is 0 Å². The Kier molecular flexibility index (Phi) is 4.87. The average molecular weight is 238 g/mol. The fourth-order valence-corrected chi connectivity index (χ4v) is 3.62. The topological polar surface area (TPSA) is 15.3 Å². The number of nitrogens with one attached hydrogen (secondary N) is 1. The Morgan fingerprint density at radius 3 is 2.71 bits per heavy atom. The third kappa shape index (κ3) is 3.69. The molecule has 0 aliphatic carbocycles. The molecule has 2 saturated heterocycles. The van der Waals surface area contributed by atoms with Gasteiger partial charge in [0.25, 0.3) is 0 Å². The third-order valence-corrected chi connectivity index (χ3v) is 4.90. The van der Waals surface area contributed by atoms with Crippen LogP contribution in [0.4, 0.5) is 0 Å². The first-order valence-electron chi connectivity index (χ1n) is 7.64. The molecule has 2 aliphatic heterocycles. The standard InChI is InChI=1S/C15H30N2/c1-12-10-13(2)14(3)17(11-12)9-7-15-6-4-5-8-16-15/h12-16H,4-11H2,1-3H3. The highest BCUT2D eigenvalue weighted by Crippen LogP contribution is 2.27. The van der Waals surface area contributed by atoms with Gasteiger partial charge in [0.15, 0.2) is 0 Å². The van der Waals surface area contributed by atoms with Gasteiger partial charge in [-0.2, -0.15) is 0 Å². The summed E-state index contributed by atoms with van der Waals surface area (Å²) in [5.41, 5.74) is 0. The van der Waals surface area contributed by atoms with Crippen LogP contribution in [0.1, 0.15) is 52.9 Å². The van der Waals surface area contributed by atoms with E-state index in [4.69, 9.17) is 0 Å². The number of nitrogens with zero attached hydrogens (tertiary/aromatic N) is 1. The average Bonchev–Trinajstić information content (AvgIpc) is 2.33. The number of likely N-dealkylation sites (tertiary alicyclic amines) is 1. The van der Waals surface area contributed by atoms with Gasteiger partial charge >= 0.3 is 0 Å². The van der Waals surface area contributed by atoms with Gasteiger partial charge in [-0.25, -0.2) is 0 Å². The Morgan fingerprint density at radius 2 is 2.00 bits per heavy atom. The van der Waals surface area contributed by atoms with Crippen molar-refractivity contribution in [2.45, 2.75) is 65.0 Å². The van der Waals surface area contributed by atoms with Crippen molar-refractivity contribution in [1.82, 2.24) is 10.2 Å². The second-order valence-electron chi connectivity index (χ2n) is 6.49. The molecule has 0 radical (unpaired) electrons. The maximum Gasteiger partial charge on any atom is 0.00927 e. The summed E-state index contributed by atoms with van der Waals surface area (Å²) < 4.78 is 0. The molecular formula is C15H30N2. The van der Waals surface area contributed by atoms with Crippen molar-refractivity contribution in [2.75, 3.05) is 19.6 Å². The SMILES string of the molecule is CC1CC(C)C(C)N(CCC2CCCCN2)C1. The van der Waals surface area contributed by atoms with Crippen molar-refractivity contribution in [1.29, 1.82) is 0 Å². The molecule has 0 amide bonds. The van der Waals surface area contributed by atoms with Crippen LogP contribution in [0.15, 0.2) is 0 Å². The molecule has 0 bridgehead atoms. The van der Waals surface area contributed by atoms with Crippen LogP contribution in [-0.4, -0.2) is 36.6 Å². The van der Waals surface area contributed by atoms with E-state index >= 15 is 0 Å². The quantitative estimate of drug-likeness (QED) is 0.813. The van der Waals surface area contributed by atoms with Gasteiger partial charge in [-0.05, 0) is 57.5 Å². The minimum atomic E-state index is 0.787. The summed E-state index contributed by atoms with van der Waals surface area (Å²) in [5.74, 6) is 1.76. The molecule has 4 atom stereocenters. The fraction of sp³-hybridized carbons (Fsp3) is 1.00. The molecule has 0 spiro atoms. The molecule has 17 heavy (non-hydrogen) atoms. The second kappa shape index (κ2) is 6.19. The first-order chi connectivity index (χ1) is 8.16. The van der Waals surface area contributed by atoms with E-state index < -0.39 is 0 Å². The highest BCUT2D eigenvalue weighted by molar-refractivity contribution is 4.83. The van der Waals surface area contributed by atoms with E-state index in [-0.39, 0.29) is 0 Å². The highest BCUT2D eigenvalue weighted by atomic mass is 15.2. The number of piperidine rings is 2. The lowest BCUT2D eigenvalue weighted by atomic mass is 9.85. The molecular weight excluding hydrogens is 208 g/mol. The molecule has 2 heterocycles. The van der Waals surface area contributed by atoms with E-state index in [2.05, 4.69) is 31.0 Å². The summed E-state index contributed by atoms with van der Waals surface area (Å²) in [5, 5.41) is 3.67. The van der Waals surface area contributed by atoms with Crippen LogP contribution >= 0.6 is 0 Å². The van der Waals surface area contributed by atoms with Crippen LogP contribution in [0, 0.1) is 11.8 Å². The van der Waals surface area contributed by atoms with Crippen molar-refractivity contribution in [3.63, 3.8) is 0 Å². The molecule has 0 saturated carbocycles. The van der Waals surface area contributed by atoms with Crippen LogP contribution in [0.3, 0.4) is 0 Å². The van der Waals surface area contributed by atoms with Crippen LogP contribution in [0.25, 0.3) is 0 Å². The normalized spacial score (nSPS) is 40.4. The monoisotopic (exact) mass is 238 g/mol. The minimum absolute atomic E-state index is 0.787. The maximum atomic E-state index is 3.67. The van der Waals surface area contributed by atoms with Crippen LogP contribution in [0.5, 0.6) is 0 Å². The zero-order valence-electron chi connectivity index (χ0n) is 11.9. The zero-order chi connectivity index (χ0) is 12.3. The fourth-order valence-electron chi connectivity index (χ4n) is 3.62. The smallest absolute Gasteiger partial charge is 0.00927 e. The number of hydrogen-bond donors (Lipinski definition) is 1. The second-order valence-corrected chi connectivity index (χ2v) is 6.49. The van der Waals surface area contributed by atoms with Crippen molar-refractivity contribution in [2.24, 2.45) is 11.8 Å². The molecule has 1 N–H and O–H groups in total. The molecule has 0 aromatic carbocycles. The number of rotatable bonds is 3. The Balaban J connectivity index is 1.76. The lowest BCUT2D eigenvalue weighted by Gasteiger charge is -2.42. The molecule has 2 nitrogen and oxygen atoms in total. The molecule has 2 fully saturated rings. The van der Waals surface area contributed by atoms with Gasteiger partial charge in [-0.3, -0.25) is 0 Å². The molecule has 2 aliphatic rings.